The summed E-state index contributed by atoms with van der Waals surface area (Å²) in [7, 11) is -7.03. The number of rotatable bonds is 2. The molecule has 11 heavy (non-hydrogen) atoms. The average Bonchev–Trinajstić information content (AvgIpc) is 1.62. The Kier molecular flexibility index (Phi) is 24.3. The molecule has 2 atom stereocenters. The van der Waals surface area contributed by atoms with Crippen LogP contribution in [0.4, 0.5) is 0 Å². The maximum absolute atomic E-state index is 9.29. The van der Waals surface area contributed by atoms with Crippen LogP contribution in [0.15, 0.2) is 0 Å². The van der Waals surface area contributed by atoms with Crippen LogP contribution in [0.2, 0.25) is 0 Å². The van der Waals surface area contributed by atoms with Crippen LogP contribution in [-0.4, -0.2) is 5.34 Å². The molecule has 0 fully saturated rings. The molecule has 0 bridgehead atoms. The van der Waals surface area contributed by atoms with Crippen LogP contribution in [-0.2, 0) is 41.1 Å². The maximum atomic E-state index is 9.29. The summed E-state index contributed by atoms with van der Waals surface area (Å²) < 4.78 is 21.8. The molecule has 5 nitrogen and oxygen atoms in total. The molecule has 0 saturated carbocycles. The van der Waals surface area contributed by atoms with E-state index in [-0.39, 0.29) is 33.0 Å². The van der Waals surface area contributed by atoms with Gasteiger partial charge in [0.25, 0.3) is 0 Å². The summed E-state index contributed by atoms with van der Waals surface area (Å²) in [4.78, 5) is 18.6. The van der Waals surface area contributed by atoms with Gasteiger partial charge in [-0.3, -0.25) is 4.31 Å². The fourth-order valence-corrected chi connectivity index (χ4v) is 0.612. The Morgan fingerprint density at radius 2 is 1.36 bits per heavy atom. The first-order chi connectivity index (χ1) is 4.54. The van der Waals surface area contributed by atoms with Crippen molar-refractivity contribution in [2.75, 3.05) is 5.34 Å². The standard InChI is InChI=1S/CH2Cl2.Hg.H4O5P2/c2-1-3;;1-6(2)5-7(3)4/h1H2;;6-7H,(H,1,2)(H,3,4)/q;+2;/p-2. The molecule has 0 aromatic heterocycles. The Labute approximate surface area is 95.4 Å². The zero-order chi connectivity index (χ0) is 8.57. The SMILES string of the molecule is ClCCl.O=[PH]([O-])O[PH](=O)[O-].[Hg+2]. The van der Waals surface area contributed by atoms with Crippen molar-refractivity contribution in [2.24, 2.45) is 0 Å². The normalized spacial score (nSPS) is 13.5. The Morgan fingerprint density at radius 3 is 1.36 bits per heavy atom. The van der Waals surface area contributed by atoms with Gasteiger partial charge in [0.05, 0.1) is 5.34 Å². The molecule has 0 aliphatic rings. The van der Waals surface area contributed by atoms with E-state index in [0.717, 1.165) is 0 Å². The molecule has 0 aromatic rings. The number of alkyl halides is 2. The van der Waals surface area contributed by atoms with E-state index >= 15 is 0 Å². The first-order valence-electron chi connectivity index (χ1n) is 1.76. The first kappa shape index (κ1) is 18.6. The molecule has 0 heterocycles. The maximum Gasteiger partial charge on any atom is 2.00 e. The van der Waals surface area contributed by atoms with E-state index < -0.39 is 16.5 Å². The quantitative estimate of drug-likeness (QED) is 0.348. The molecule has 2 unspecified atom stereocenters. The minimum absolute atomic E-state index is 0. The third-order valence-electron chi connectivity index (χ3n) is 0.167. The van der Waals surface area contributed by atoms with Crippen molar-refractivity contribution in [2.45, 2.75) is 0 Å². The van der Waals surface area contributed by atoms with Crippen LogP contribution < -0.4 is 9.79 Å². The van der Waals surface area contributed by atoms with Crippen molar-refractivity contribution in [3.63, 3.8) is 0 Å². The molecule has 0 spiro atoms. The van der Waals surface area contributed by atoms with Crippen LogP contribution in [0, 0.1) is 0 Å². The second-order valence-electron chi connectivity index (χ2n) is 0.703. The molecule has 0 aromatic carbocycles. The third kappa shape index (κ3) is 33.6. The van der Waals surface area contributed by atoms with Crippen LogP contribution in [0.3, 0.4) is 0 Å². The smallest absolute Gasteiger partial charge is 0.781 e. The topological polar surface area (TPSA) is 89.5 Å². The van der Waals surface area contributed by atoms with Crippen molar-refractivity contribution in [1.82, 2.24) is 0 Å². The summed E-state index contributed by atoms with van der Waals surface area (Å²) in [6.07, 6.45) is 0. The number of halogens is 2. The molecule has 10 heteroatoms. The molecular weight excluding hydrogens is 425 g/mol. The molecule has 0 amide bonds. The molecule has 0 aliphatic heterocycles. The summed E-state index contributed by atoms with van der Waals surface area (Å²) in [6.45, 7) is 0. The van der Waals surface area contributed by atoms with Gasteiger partial charge in [-0.2, -0.15) is 0 Å². The van der Waals surface area contributed by atoms with E-state index in [2.05, 4.69) is 4.31 Å². The van der Waals surface area contributed by atoms with E-state index in [1.54, 1.807) is 0 Å². The minimum Gasteiger partial charge on any atom is -0.781 e. The van der Waals surface area contributed by atoms with Crippen molar-refractivity contribution >= 4 is 39.7 Å². The van der Waals surface area contributed by atoms with Crippen molar-refractivity contribution < 1.29 is 50.9 Å². The summed E-state index contributed by atoms with van der Waals surface area (Å²) in [5.41, 5.74) is 0. The van der Waals surface area contributed by atoms with Crippen molar-refractivity contribution in [1.29, 1.82) is 0 Å². The molecule has 64 valence electrons. The molecule has 0 saturated heterocycles. The molecule has 0 aliphatic carbocycles. The van der Waals surface area contributed by atoms with Crippen LogP contribution in [0.25, 0.3) is 0 Å². The predicted molar refractivity (Wildman–Crippen MR) is 35.7 cm³/mol. The second-order valence-corrected chi connectivity index (χ2v) is 3.33. The van der Waals surface area contributed by atoms with Gasteiger partial charge in [0.15, 0.2) is 0 Å². The van der Waals surface area contributed by atoms with Gasteiger partial charge in [0.2, 0.25) is 0 Å². The van der Waals surface area contributed by atoms with Gasteiger partial charge in [0.1, 0.15) is 16.5 Å². The predicted octanol–water partition coefficient (Wildman–Crippen LogP) is -0.0780. The van der Waals surface area contributed by atoms with E-state index in [0.29, 0.717) is 0 Å². The fraction of sp³-hybridized carbons (Fsp3) is 1.00. The monoisotopic (exact) mass is 430 g/mol. The second kappa shape index (κ2) is 14.4. The van der Waals surface area contributed by atoms with Gasteiger partial charge in [-0.1, -0.05) is 0 Å². The molecule has 0 rings (SSSR count). The number of hydrogen-bond donors (Lipinski definition) is 0. The molecule has 0 radical (unpaired) electrons. The summed E-state index contributed by atoms with van der Waals surface area (Å²) in [5, 5.41) is 0.194. The Bertz CT molecular complexity index is 109. The van der Waals surface area contributed by atoms with E-state index in [1.165, 1.54) is 0 Å². The van der Waals surface area contributed by atoms with Crippen LogP contribution in [0.5, 0.6) is 0 Å². The summed E-state index contributed by atoms with van der Waals surface area (Å²) in [6, 6.07) is 0. The van der Waals surface area contributed by atoms with Crippen molar-refractivity contribution in [3.05, 3.63) is 0 Å². The Morgan fingerprint density at radius 1 is 1.18 bits per heavy atom. The molecular formula is CH4Cl2HgO5P2. The van der Waals surface area contributed by atoms with Crippen LogP contribution >= 0.6 is 39.7 Å². The van der Waals surface area contributed by atoms with E-state index in [1.807, 2.05) is 0 Å². The van der Waals surface area contributed by atoms with Gasteiger partial charge in [-0.05, 0) is 0 Å². The van der Waals surface area contributed by atoms with Gasteiger partial charge >= 0.3 is 27.7 Å². The summed E-state index contributed by atoms with van der Waals surface area (Å²) in [5.74, 6) is 0. The van der Waals surface area contributed by atoms with Gasteiger partial charge in [0, 0.05) is 0 Å². The average molecular weight is 429 g/mol. The van der Waals surface area contributed by atoms with Gasteiger partial charge in [-0.25, -0.2) is 0 Å². The van der Waals surface area contributed by atoms with Crippen LogP contribution in [0.1, 0.15) is 0 Å². The Balaban J connectivity index is -0.000000140. The molecule has 0 N–H and O–H groups in total. The fourth-order valence-electron chi connectivity index (χ4n) is 0.0680. The zero-order valence-corrected chi connectivity index (χ0v) is 14.2. The first-order valence-corrected chi connectivity index (χ1v) is 5.28. The van der Waals surface area contributed by atoms with Gasteiger partial charge < -0.3 is 18.9 Å². The minimum atomic E-state index is -3.51. The van der Waals surface area contributed by atoms with Gasteiger partial charge in [-0.15, -0.1) is 23.2 Å². The van der Waals surface area contributed by atoms with Crippen molar-refractivity contribution in [3.8, 4) is 0 Å². The Hall–Kier alpha value is 1.86. The summed E-state index contributed by atoms with van der Waals surface area (Å²) >= 11 is 9.53. The van der Waals surface area contributed by atoms with E-state index in [9.17, 15) is 18.9 Å². The van der Waals surface area contributed by atoms with E-state index in [4.69, 9.17) is 23.2 Å². The number of hydrogen-bond acceptors (Lipinski definition) is 5. The largest absolute Gasteiger partial charge is 2.00 e. The third-order valence-corrected chi connectivity index (χ3v) is 1.50. The zero-order valence-electron chi connectivity index (χ0n) is 5.21.